The Bertz CT molecular complexity index is 899. The lowest BCUT2D eigenvalue weighted by Gasteiger charge is -2.03. The number of nitrogen functional groups attached to an aromatic ring is 1. The molecule has 1 heterocycles. The van der Waals surface area contributed by atoms with Crippen molar-refractivity contribution in [1.82, 2.24) is 9.97 Å². The molecular formula is C18H16N4O3. The van der Waals surface area contributed by atoms with Crippen LogP contribution in [0, 0.1) is 5.41 Å². The maximum atomic E-state index is 10.5. The molecule has 0 bridgehead atoms. The molecule has 0 spiro atoms. The van der Waals surface area contributed by atoms with Gasteiger partial charge in [0.2, 0.25) is 0 Å². The Morgan fingerprint density at radius 3 is 2.36 bits per heavy atom. The molecule has 126 valence electrons. The molecule has 0 saturated carbocycles. The molecule has 7 nitrogen and oxygen atoms in total. The van der Waals surface area contributed by atoms with Gasteiger partial charge in [-0.2, -0.15) is 0 Å². The number of aromatic nitrogens is 2. The van der Waals surface area contributed by atoms with E-state index in [1.54, 1.807) is 42.6 Å². The van der Waals surface area contributed by atoms with Crippen LogP contribution in [0.3, 0.4) is 0 Å². The zero-order chi connectivity index (χ0) is 17.8. The van der Waals surface area contributed by atoms with Gasteiger partial charge in [0.15, 0.2) is 6.61 Å². The van der Waals surface area contributed by atoms with Gasteiger partial charge in [0.05, 0.1) is 5.69 Å². The number of imidazole rings is 1. The monoisotopic (exact) mass is 336 g/mol. The highest BCUT2D eigenvalue weighted by molar-refractivity contribution is 5.95. The molecule has 7 heteroatoms. The van der Waals surface area contributed by atoms with Crippen LogP contribution in [0.2, 0.25) is 0 Å². The van der Waals surface area contributed by atoms with Crippen molar-refractivity contribution in [2.45, 2.75) is 0 Å². The second kappa shape index (κ2) is 6.88. The lowest BCUT2D eigenvalue weighted by molar-refractivity contribution is -0.139. The number of rotatable bonds is 6. The van der Waals surface area contributed by atoms with Crippen LogP contribution in [0.5, 0.6) is 5.75 Å². The average molecular weight is 336 g/mol. The molecule has 3 aromatic rings. The van der Waals surface area contributed by atoms with Crippen LogP contribution in [-0.4, -0.2) is 33.5 Å². The van der Waals surface area contributed by atoms with Crippen molar-refractivity contribution in [2.24, 2.45) is 5.73 Å². The number of aliphatic carboxylic acids is 1. The Morgan fingerprint density at radius 1 is 1.12 bits per heavy atom. The van der Waals surface area contributed by atoms with E-state index in [-0.39, 0.29) is 12.4 Å². The van der Waals surface area contributed by atoms with Crippen molar-refractivity contribution in [3.05, 3.63) is 60.3 Å². The highest BCUT2D eigenvalue weighted by atomic mass is 16.5. The number of hydrogen-bond acceptors (Lipinski definition) is 4. The third-order valence-electron chi connectivity index (χ3n) is 3.56. The molecule has 2 aromatic carbocycles. The SMILES string of the molecule is N=C(N)c1ccc(-c2c[nH]c(-c3ccc(OCC(=O)O)cc3)n2)cc1. The van der Waals surface area contributed by atoms with E-state index in [1.165, 1.54) is 0 Å². The molecule has 25 heavy (non-hydrogen) atoms. The standard InChI is InChI=1S/C18H16N4O3/c19-17(20)12-3-1-11(2-4-12)15-9-21-18(22-15)13-5-7-14(8-6-13)25-10-16(23)24/h1-9H,10H2,(H3,19,20)(H,21,22)(H,23,24). The van der Waals surface area contributed by atoms with Crippen LogP contribution in [0.4, 0.5) is 0 Å². The third kappa shape index (κ3) is 3.84. The number of ether oxygens (including phenoxy) is 1. The van der Waals surface area contributed by atoms with Crippen LogP contribution in [0.1, 0.15) is 5.56 Å². The molecule has 0 fully saturated rings. The Kier molecular flexibility index (Phi) is 4.47. The summed E-state index contributed by atoms with van der Waals surface area (Å²) in [6.07, 6.45) is 1.80. The number of aromatic amines is 1. The Balaban J connectivity index is 1.76. The number of carbonyl (C=O) groups is 1. The second-order valence-corrected chi connectivity index (χ2v) is 5.33. The molecular weight excluding hydrogens is 320 g/mol. The minimum Gasteiger partial charge on any atom is -0.482 e. The summed E-state index contributed by atoms with van der Waals surface area (Å²) in [6, 6.07) is 14.3. The number of carboxylic acids is 1. The number of nitrogens with zero attached hydrogens (tertiary/aromatic N) is 1. The molecule has 0 aliphatic carbocycles. The zero-order valence-electron chi connectivity index (χ0n) is 13.2. The molecule has 0 atom stereocenters. The van der Waals surface area contributed by atoms with Crippen LogP contribution < -0.4 is 10.5 Å². The van der Waals surface area contributed by atoms with Gasteiger partial charge in [0.1, 0.15) is 17.4 Å². The van der Waals surface area contributed by atoms with Gasteiger partial charge in [-0.25, -0.2) is 9.78 Å². The predicted octanol–water partition coefficient (Wildman–Crippen LogP) is 2.49. The van der Waals surface area contributed by atoms with E-state index in [2.05, 4.69) is 9.97 Å². The van der Waals surface area contributed by atoms with Gasteiger partial charge in [0.25, 0.3) is 0 Å². The zero-order valence-corrected chi connectivity index (χ0v) is 13.2. The summed E-state index contributed by atoms with van der Waals surface area (Å²) >= 11 is 0. The highest BCUT2D eigenvalue weighted by Crippen LogP contribution is 2.24. The van der Waals surface area contributed by atoms with E-state index in [1.807, 2.05) is 12.1 Å². The normalized spacial score (nSPS) is 10.4. The maximum Gasteiger partial charge on any atom is 0.341 e. The first-order chi connectivity index (χ1) is 12.0. The third-order valence-corrected chi connectivity index (χ3v) is 3.56. The Labute approximate surface area is 143 Å². The highest BCUT2D eigenvalue weighted by Gasteiger charge is 2.07. The number of nitrogens with one attached hydrogen (secondary N) is 2. The van der Waals surface area contributed by atoms with E-state index in [4.69, 9.17) is 21.0 Å². The van der Waals surface area contributed by atoms with Crippen molar-refractivity contribution < 1.29 is 14.6 Å². The summed E-state index contributed by atoms with van der Waals surface area (Å²) in [5, 5.41) is 16.0. The molecule has 0 radical (unpaired) electrons. The van der Waals surface area contributed by atoms with E-state index < -0.39 is 5.97 Å². The first-order valence-corrected chi connectivity index (χ1v) is 7.48. The predicted molar refractivity (Wildman–Crippen MR) is 93.6 cm³/mol. The number of hydrogen-bond donors (Lipinski definition) is 4. The molecule has 3 rings (SSSR count). The minimum absolute atomic E-state index is 0.0273. The molecule has 1 aromatic heterocycles. The summed E-state index contributed by atoms with van der Waals surface area (Å²) in [6.45, 7) is -0.374. The van der Waals surface area contributed by atoms with E-state index in [0.717, 1.165) is 16.8 Å². The fraction of sp³-hybridized carbons (Fsp3) is 0.0556. The molecule has 0 aliphatic rings. The summed E-state index contributed by atoms with van der Waals surface area (Å²) in [4.78, 5) is 18.2. The van der Waals surface area contributed by atoms with Crippen molar-refractivity contribution in [3.8, 4) is 28.4 Å². The second-order valence-electron chi connectivity index (χ2n) is 5.33. The topological polar surface area (TPSA) is 125 Å². The van der Waals surface area contributed by atoms with Crippen LogP contribution in [-0.2, 0) is 4.79 Å². The largest absolute Gasteiger partial charge is 0.482 e. The number of benzene rings is 2. The van der Waals surface area contributed by atoms with Crippen molar-refractivity contribution in [2.75, 3.05) is 6.61 Å². The maximum absolute atomic E-state index is 10.5. The molecule has 0 aliphatic heterocycles. The average Bonchev–Trinajstić information content (AvgIpc) is 3.10. The Hall–Kier alpha value is -3.61. The van der Waals surface area contributed by atoms with Gasteiger partial charge in [-0.3, -0.25) is 5.41 Å². The van der Waals surface area contributed by atoms with E-state index in [9.17, 15) is 4.79 Å². The van der Waals surface area contributed by atoms with E-state index in [0.29, 0.717) is 17.1 Å². The number of carboxylic acid groups (broad SMARTS) is 1. The van der Waals surface area contributed by atoms with Crippen molar-refractivity contribution in [1.29, 1.82) is 5.41 Å². The van der Waals surface area contributed by atoms with Gasteiger partial charge < -0.3 is 20.6 Å². The van der Waals surface area contributed by atoms with Crippen LogP contribution in [0.25, 0.3) is 22.6 Å². The van der Waals surface area contributed by atoms with Crippen LogP contribution >= 0.6 is 0 Å². The first kappa shape index (κ1) is 16.3. The van der Waals surface area contributed by atoms with Crippen molar-refractivity contribution >= 4 is 11.8 Å². The lowest BCUT2D eigenvalue weighted by atomic mass is 10.1. The molecule has 0 unspecified atom stereocenters. The minimum atomic E-state index is -1.02. The fourth-order valence-electron chi connectivity index (χ4n) is 2.29. The quantitative estimate of drug-likeness (QED) is 0.406. The summed E-state index contributed by atoms with van der Waals surface area (Å²) < 4.78 is 5.11. The first-order valence-electron chi connectivity index (χ1n) is 7.48. The van der Waals surface area contributed by atoms with Crippen LogP contribution in [0.15, 0.2) is 54.7 Å². The summed E-state index contributed by atoms with van der Waals surface area (Å²) in [5.74, 6) is 0.184. The summed E-state index contributed by atoms with van der Waals surface area (Å²) in [7, 11) is 0. The van der Waals surface area contributed by atoms with Gasteiger partial charge in [-0.1, -0.05) is 24.3 Å². The number of H-pyrrole nitrogens is 1. The van der Waals surface area contributed by atoms with E-state index >= 15 is 0 Å². The number of amidine groups is 1. The lowest BCUT2D eigenvalue weighted by Crippen LogP contribution is -2.10. The van der Waals surface area contributed by atoms with Gasteiger partial charge in [0, 0.05) is 22.9 Å². The fourth-order valence-corrected chi connectivity index (χ4v) is 2.29. The molecule has 0 saturated heterocycles. The van der Waals surface area contributed by atoms with Gasteiger partial charge in [-0.05, 0) is 24.3 Å². The summed E-state index contributed by atoms with van der Waals surface area (Å²) in [5.41, 5.74) is 8.66. The molecule has 5 N–H and O–H groups in total. The van der Waals surface area contributed by atoms with Gasteiger partial charge in [-0.15, -0.1) is 0 Å². The number of nitrogens with two attached hydrogens (primary N) is 1. The molecule has 0 amide bonds. The smallest absolute Gasteiger partial charge is 0.341 e. The van der Waals surface area contributed by atoms with Gasteiger partial charge >= 0.3 is 5.97 Å². The van der Waals surface area contributed by atoms with Crippen molar-refractivity contribution in [3.63, 3.8) is 0 Å². The Morgan fingerprint density at radius 2 is 1.76 bits per heavy atom.